The Bertz CT molecular complexity index is 520. The van der Waals surface area contributed by atoms with Crippen molar-refractivity contribution in [3.05, 3.63) is 12.2 Å². The van der Waals surface area contributed by atoms with Gasteiger partial charge in [0.1, 0.15) is 5.71 Å². The summed E-state index contributed by atoms with van der Waals surface area (Å²) in [6.07, 6.45) is -6.61. The first-order chi connectivity index (χ1) is 9.10. The predicted octanol–water partition coefficient (Wildman–Crippen LogP) is 2.50. The number of carbonyl (C=O) groups is 1. The fourth-order valence-electron chi connectivity index (χ4n) is 3.30. The average molecular weight is 298 g/mol. The zero-order chi connectivity index (χ0) is 14.9. The molecule has 1 aliphatic heterocycles. The molecular weight excluding hydrogens is 290 g/mol. The maximum absolute atomic E-state index is 12.9. The smallest absolute Gasteiger partial charge is 0.262 e. The summed E-state index contributed by atoms with van der Waals surface area (Å²) in [5.41, 5.74) is -1.28. The number of hydrazone groups is 1. The van der Waals surface area contributed by atoms with Crippen LogP contribution in [0.5, 0.6) is 0 Å². The standard InChI is InChI=1S/C11H8F6N2O/c12-10(13,14)8-6-4-1-2-5(3-4)7(6)19(18-8)9(20)11(15,16)17/h1-2,4-7H,3H2/t4-,5+,6+,7-/m0/s1. The van der Waals surface area contributed by atoms with Gasteiger partial charge in [-0.15, -0.1) is 0 Å². The fraction of sp³-hybridized carbons (Fsp3) is 0.636. The van der Waals surface area contributed by atoms with Crippen LogP contribution in [0, 0.1) is 17.8 Å². The summed E-state index contributed by atoms with van der Waals surface area (Å²) in [6.45, 7) is 0. The monoisotopic (exact) mass is 298 g/mol. The third kappa shape index (κ3) is 1.75. The van der Waals surface area contributed by atoms with E-state index in [1.165, 1.54) is 0 Å². The van der Waals surface area contributed by atoms with Gasteiger partial charge in [-0.05, 0) is 12.3 Å². The summed E-state index contributed by atoms with van der Waals surface area (Å²) in [7, 11) is 0. The Hall–Kier alpha value is -1.54. The second-order valence-corrected chi connectivity index (χ2v) is 5.10. The van der Waals surface area contributed by atoms with Crippen molar-refractivity contribution in [1.29, 1.82) is 0 Å². The second-order valence-electron chi connectivity index (χ2n) is 5.10. The minimum atomic E-state index is -5.24. The first-order valence-corrected chi connectivity index (χ1v) is 5.85. The molecule has 0 spiro atoms. The predicted molar refractivity (Wildman–Crippen MR) is 54.4 cm³/mol. The van der Waals surface area contributed by atoms with Crippen LogP contribution in [0.3, 0.4) is 0 Å². The third-order valence-corrected chi connectivity index (χ3v) is 3.97. The molecule has 3 nitrogen and oxygen atoms in total. The van der Waals surface area contributed by atoms with Crippen LogP contribution in [0.1, 0.15) is 6.42 Å². The molecule has 0 radical (unpaired) electrons. The van der Waals surface area contributed by atoms with Crippen LogP contribution in [0.15, 0.2) is 17.3 Å². The van der Waals surface area contributed by atoms with Gasteiger partial charge in [0, 0.05) is 11.8 Å². The summed E-state index contributed by atoms with van der Waals surface area (Å²) in [4.78, 5) is 11.3. The van der Waals surface area contributed by atoms with Crippen molar-refractivity contribution < 1.29 is 31.1 Å². The van der Waals surface area contributed by atoms with E-state index in [4.69, 9.17) is 0 Å². The van der Waals surface area contributed by atoms with E-state index < -0.39 is 47.8 Å². The molecule has 0 aromatic rings. The lowest BCUT2D eigenvalue weighted by Crippen LogP contribution is -2.46. The molecule has 3 rings (SSSR count). The molecule has 1 fully saturated rings. The van der Waals surface area contributed by atoms with Gasteiger partial charge in [0.2, 0.25) is 0 Å². The van der Waals surface area contributed by atoms with E-state index in [0.717, 1.165) is 0 Å². The van der Waals surface area contributed by atoms with Crippen LogP contribution in [0.2, 0.25) is 0 Å². The molecular formula is C11H8F6N2O. The van der Waals surface area contributed by atoms with E-state index in [1.807, 2.05) is 0 Å². The summed E-state index contributed by atoms with van der Waals surface area (Å²) >= 11 is 0. The molecule has 3 aliphatic rings. The lowest BCUT2D eigenvalue weighted by molar-refractivity contribution is -0.188. The van der Waals surface area contributed by atoms with Crippen molar-refractivity contribution in [2.45, 2.75) is 24.8 Å². The van der Waals surface area contributed by atoms with Crippen LogP contribution >= 0.6 is 0 Å². The summed E-state index contributed by atoms with van der Waals surface area (Å²) < 4.78 is 76.0. The number of rotatable bonds is 0. The number of hydrogen-bond donors (Lipinski definition) is 0. The van der Waals surface area contributed by atoms with Crippen molar-refractivity contribution in [2.24, 2.45) is 22.9 Å². The normalized spacial score (nSPS) is 35.5. The van der Waals surface area contributed by atoms with E-state index in [2.05, 4.69) is 5.10 Å². The molecule has 1 heterocycles. The molecule has 2 bridgehead atoms. The number of hydrogen-bond acceptors (Lipinski definition) is 2. The lowest BCUT2D eigenvalue weighted by atomic mass is 9.85. The number of fused-ring (bicyclic) bond motifs is 5. The summed E-state index contributed by atoms with van der Waals surface area (Å²) in [6, 6.07) is -1.17. The molecule has 1 saturated carbocycles. The van der Waals surface area contributed by atoms with Crippen LogP contribution < -0.4 is 0 Å². The molecule has 1 amide bonds. The zero-order valence-electron chi connectivity index (χ0n) is 9.74. The molecule has 20 heavy (non-hydrogen) atoms. The molecule has 0 N–H and O–H groups in total. The number of amides is 1. The topological polar surface area (TPSA) is 32.7 Å². The second kappa shape index (κ2) is 3.76. The van der Waals surface area contributed by atoms with Crippen molar-refractivity contribution in [2.75, 3.05) is 0 Å². The Morgan fingerprint density at radius 2 is 1.75 bits per heavy atom. The molecule has 110 valence electrons. The van der Waals surface area contributed by atoms with Crippen LogP contribution in [-0.2, 0) is 4.79 Å². The van der Waals surface area contributed by atoms with Gasteiger partial charge < -0.3 is 0 Å². The van der Waals surface area contributed by atoms with Crippen molar-refractivity contribution in [3.63, 3.8) is 0 Å². The first kappa shape index (κ1) is 13.4. The van der Waals surface area contributed by atoms with Crippen molar-refractivity contribution in [1.82, 2.24) is 5.01 Å². The average Bonchev–Trinajstić information content (AvgIpc) is 2.96. The van der Waals surface area contributed by atoms with Gasteiger partial charge in [0.25, 0.3) is 0 Å². The molecule has 0 unspecified atom stereocenters. The number of allylic oxidation sites excluding steroid dienone is 1. The van der Waals surface area contributed by atoms with Crippen LogP contribution in [0.4, 0.5) is 26.3 Å². The van der Waals surface area contributed by atoms with E-state index in [1.54, 1.807) is 12.2 Å². The highest BCUT2D eigenvalue weighted by Crippen LogP contribution is 2.52. The van der Waals surface area contributed by atoms with Gasteiger partial charge >= 0.3 is 18.3 Å². The van der Waals surface area contributed by atoms with Gasteiger partial charge in [-0.3, -0.25) is 4.79 Å². The zero-order valence-corrected chi connectivity index (χ0v) is 9.74. The molecule has 4 atom stereocenters. The van der Waals surface area contributed by atoms with Gasteiger partial charge in [-0.25, -0.2) is 5.01 Å². The van der Waals surface area contributed by atoms with Crippen molar-refractivity contribution in [3.8, 4) is 0 Å². The van der Waals surface area contributed by atoms with E-state index >= 15 is 0 Å². The van der Waals surface area contributed by atoms with E-state index in [-0.39, 0.29) is 5.01 Å². The Morgan fingerprint density at radius 3 is 2.30 bits per heavy atom. The van der Waals surface area contributed by atoms with Gasteiger partial charge in [-0.2, -0.15) is 31.4 Å². The fourth-order valence-corrected chi connectivity index (χ4v) is 3.30. The van der Waals surface area contributed by atoms with Gasteiger partial charge in [0.15, 0.2) is 0 Å². The Labute approximate surface area is 108 Å². The lowest BCUT2D eigenvalue weighted by Gasteiger charge is -2.27. The quantitative estimate of drug-likeness (QED) is 0.499. The largest absolute Gasteiger partial charge is 0.473 e. The third-order valence-electron chi connectivity index (χ3n) is 3.97. The summed E-state index contributed by atoms with van der Waals surface area (Å²) in [5, 5.41) is 2.95. The Kier molecular flexibility index (Phi) is 2.53. The number of halogens is 6. The summed E-state index contributed by atoms with van der Waals surface area (Å²) in [5.74, 6) is -4.53. The van der Waals surface area contributed by atoms with Gasteiger partial charge in [0.05, 0.1) is 6.04 Å². The number of carbonyl (C=O) groups excluding carboxylic acids is 1. The maximum Gasteiger partial charge on any atom is 0.473 e. The Morgan fingerprint density at radius 1 is 1.15 bits per heavy atom. The van der Waals surface area contributed by atoms with Gasteiger partial charge in [-0.1, -0.05) is 12.2 Å². The van der Waals surface area contributed by atoms with Crippen molar-refractivity contribution >= 4 is 11.6 Å². The molecule has 0 aromatic carbocycles. The minimum Gasteiger partial charge on any atom is -0.262 e. The highest BCUT2D eigenvalue weighted by Gasteiger charge is 2.62. The molecule has 2 aliphatic carbocycles. The number of alkyl halides is 6. The molecule has 0 saturated heterocycles. The SMILES string of the molecule is O=C(N1N=C(C(F)(F)F)[C@H]2[C@@H]1[C@@H]1C=C[C@H]2C1)C(F)(F)F. The number of nitrogens with zero attached hydrogens (tertiary/aromatic N) is 2. The van der Waals surface area contributed by atoms with E-state index in [9.17, 15) is 31.1 Å². The van der Waals surface area contributed by atoms with Crippen LogP contribution in [0.25, 0.3) is 0 Å². The first-order valence-electron chi connectivity index (χ1n) is 5.85. The highest BCUT2D eigenvalue weighted by molar-refractivity contribution is 5.97. The molecule has 9 heteroatoms. The van der Waals surface area contributed by atoms with Crippen LogP contribution in [-0.4, -0.2) is 35.0 Å². The minimum absolute atomic E-state index is 0.0122. The molecule has 0 aromatic heterocycles. The maximum atomic E-state index is 12.9. The Balaban J connectivity index is 2.01. The highest BCUT2D eigenvalue weighted by atomic mass is 19.4. The van der Waals surface area contributed by atoms with E-state index in [0.29, 0.717) is 6.42 Å².